The highest BCUT2D eigenvalue weighted by Gasteiger charge is 2.19. The van der Waals surface area contributed by atoms with Crippen LogP contribution in [0.3, 0.4) is 0 Å². The quantitative estimate of drug-likeness (QED) is 0.919. The molecule has 0 radical (unpaired) electrons. The molecule has 0 aliphatic carbocycles. The first-order valence-electron chi connectivity index (χ1n) is 6.88. The van der Waals surface area contributed by atoms with Crippen molar-refractivity contribution in [1.29, 1.82) is 0 Å². The second-order valence-electron chi connectivity index (χ2n) is 5.38. The Morgan fingerprint density at radius 2 is 2.26 bits per heavy atom. The van der Waals surface area contributed by atoms with Gasteiger partial charge in [0.2, 0.25) is 0 Å². The molecule has 4 heteroatoms. The zero-order chi connectivity index (χ0) is 13.8. The minimum absolute atomic E-state index is 0.360. The lowest BCUT2D eigenvalue weighted by molar-refractivity contribution is 0.218. The fourth-order valence-corrected chi connectivity index (χ4v) is 3.26. The van der Waals surface area contributed by atoms with Crippen LogP contribution < -0.4 is 10.1 Å². The zero-order valence-electron chi connectivity index (χ0n) is 11.9. The van der Waals surface area contributed by atoms with Crippen LogP contribution in [0.15, 0.2) is 22.7 Å². The molecule has 2 unspecified atom stereocenters. The summed E-state index contributed by atoms with van der Waals surface area (Å²) in [7, 11) is 3.89. The molecule has 3 nitrogen and oxygen atoms in total. The van der Waals surface area contributed by atoms with Gasteiger partial charge in [-0.1, -0.05) is 6.07 Å². The first-order valence-corrected chi connectivity index (χ1v) is 7.67. The highest BCUT2D eigenvalue weighted by molar-refractivity contribution is 9.10. The predicted octanol–water partition coefficient (Wildman–Crippen LogP) is 3.20. The lowest BCUT2D eigenvalue weighted by Gasteiger charge is -2.32. The fraction of sp³-hybridized carbons (Fsp3) is 0.600. The fourth-order valence-electron chi connectivity index (χ4n) is 2.70. The molecule has 19 heavy (non-hydrogen) atoms. The number of methoxy groups -OCH3 is 1. The summed E-state index contributed by atoms with van der Waals surface area (Å²) in [6.07, 6.45) is 2.55. The first kappa shape index (κ1) is 14.8. The van der Waals surface area contributed by atoms with Crippen molar-refractivity contribution >= 4 is 15.9 Å². The number of piperidine rings is 1. The van der Waals surface area contributed by atoms with E-state index in [1.165, 1.54) is 24.9 Å². The second-order valence-corrected chi connectivity index (χ2v) is 6.24. The van der Waals surface area contributed by atoms with E-state index < -0.39 is 0 Å². The van der Waals surface area contributed by atoms with Gasteiger partial charge in [-0.2, -0.15) is 0 Å². The van der Waals surface area contributed by atoms with Gasteiger partial charge in [0.15, 0.2) is 0 Å². The predicted molar refractivity (Wildman–Crippen MR) is 82.8 cm³/mol. The van der Waals surface area contributed by atoms with Crippen LogP contribution in [0, 0.1) is 0 Å². The molecule has 1 fully saturated rings. The Labute approximate surface area is 124 Å². The zero-order valence-corrected chi connectivity index (χ0v) is 13.5. The summed E-state index contributed by atoms with van der Waals surface area (Å²) in [6.45, 7) is 4.59. The number of rotatable bonds is 4. The minimum Gasteiger partial charge on any atom is -0.496 e. The SMILES string of the molecule is COc1ccc(C(C)NC2CCCN(C)C2)cc1Br. The number of hydrogen-bond donors (Lipinski definition) is 1. The third kappa shape index (κ3) is 3.94. The summed E-state index contributed by atoms with van der Waals surface area (Å²) >= 11 is 3.55. The normalized spacial score (nSPS) is 22.2. The summed E-state index contributed by atoms with van der Waals surface area (Å²) in [6, 6.07) is 7.25. The Bertz CT molecular complexity index is 425. The lowest BCUT2D eigenvalue weighted by Crippen LogP contribution is -2.44. The highest BCUT2D eigenvalue weighted by atomic mass is 79.9. The van der Waals surface area contributed by atoms with E-state index in [-0.39, 0.29) is 0 Å². The molecule has 1 aromatic rings. The molecule has 0 bridgehead atoms. The first-order chi connectivity index (χ1) is 9.10. The lowest BCUT2D eigenvalue weighted by atomic mass is 10.0. The molecular weight excluding hydrogens is 304 g/mol. The molecule has 0 amide bonds. The third-order valence-corrected chi connectivity index (χ3v) is 4.41. The Balaban J connectivity index is 1.99. The highest BCUT2D eigenvalue weighted by Crippen LogP contribution is 2.28. The van der Waals surface area contributed by atoms with Crippen molar-refractivity contribution in [3.63, 3.8) is 0 Å². The van der Waals surface area contributed by atoms with Gasteiger partial charge in [-0.15, -0.1) is 0 Å². The van der Waals surface area contributed by atoms with Crippen molar-refractivity contribution < 1.29 is 4.74 Å². The third-order valence-electron chi connectivity index (χ3n) is 3.79. The summed E-state index contributed by atoms with van der Waals surface area (Å²) in [5.74, 6) is 0.883. The maximum atomic E-state index is 5.27. The maximum absolute atomic E-state index is 5.27. The van der Waals surface area contributed by atoms with Crippen molar-refractivity contribution in [2.24, 2.45) is 0 Å². The number of nitrogens with zero attached hydrogens (tertiary/aromatic N) is 1. The average Bonchev–Trinajstić information content (AvgIpc) is 2.38. The number of ether oxygens (including phenoxy) is 1. The number of nitrogens with one attached hydrogen (secondary N) is 1. The van der Waals surface area contributed by atoms with Crippen LogP contribution in [-0.4, -0.2) is 38.2 Å². The number of halogens is 1. The van der Waals surface area contributed by atoms with E-state index in [1.54, 1.807) is 7.11 Å². The van der Waals surface area contributed by atoms with Crippen LogP contribution in [-0.2, 0) is 0 Å². The van der Waals surface area contributed by atoms with Crippen molar-refractivity contribution in [2.45, 2.75) is 31.8 Å². The molecular formula is C15H23BrN2O. The van der Waals surface area contributed by atoms with Crippen molar-refractivity contribution in [1.82, 2.24) is 10.2 Å². The van der Waals surface area contributed by atoms with E-state index in [2.05, 4.69) is 52.3 Å². The molecule has 1 aromatic carbocycles. The van der Waals surface area contributed by atoms with Gasteiger partial charge in [-0.25, -0.2) is 0 Å². The Morgan fingerprint density at radius 1 is 1.47 bits per heavy atom. The van der Waals surface area contributed by atoms with E-state index in [0.29, 0.717) is 12.1 Å². The molecule has 1 aliphatic rings. The number of likely N-dealkylation sites (tertiary alicyclic amines) is 1. The van der Waals surface area contributed by atoms with E-state index in [1.807, 2.05) is 6.07 Å². The van der Waals surface area contributed by atoms with Crippen LogP contribution >= 0.6 is 15.9 Å². The largest absolute Gasteiger partial charge is 0.496 e. The van der Waals surface area contributed by atoms with Crippen LogP contribution in [0.2, 0.25) is 0 Å². The van der Waals surface area contributed by atoms with Gasteiger partial charge in [-0.05, 0) is 67.0 Å². The summed E-state index contributed by atoms with van der Waals surface area (Å²) < 4.78 is 6.29. The topological polar surface area (TPSA) is 24.5 Å². The Kier molecular flexibility index (Phi) is 5.25. The molecule has 1 aliphatic heterocycles. The smallest absolute Gasteiger partial charge is 0.133 e. The average molecular weight is 327 g/mol. The molecule has 1 saturated heterocycles. The summed E-state index contributed by atoms with van der Waals surface area (Å²) in [5.41, 5.74) is 1.29. The van der Waals surface area contributed by atoms with Gasteiger partial charge in [0.05, 0.1) is 11.6 Å². The van der Waals surface area contributed by atoms with Gasteiger partial charge in [-0.3, -0.25) is 0 Å². The van der Waals surface area contributed by atoms with Crippen LogP contribution in [0.4, 0.5) is 0 Å². The second kappa shape index (κ2) is 6.73. The van der Waals surface area contributed by atoms with Gasteiger partial charge >= 0.3 is 0 Å². The van der Waals surface area contributed by atoms with Gasteiger partial charge in [0.1, 0.15) is 5.75 Å². The summed E-state index contributed by atoms with van der Waals surface area (Å²) in [4.78, 5) is 2.40. The monoisotopic (exact) mass is 326 g/mol. The van der Waals surface area contributed by atoms with Crippen LogP contribution in [0.5, 0.6) is 5.75 Å². The van der Waals surface area contributed by atoms with Crippen molar-refractivity contribution in [3.8, 4) is 5.75 Å². The Morgan fingerprint density at radius 3 is 2.89 bits per heavy atom. The van der Waals surface area contributed by atoms with Crippen LogP contribution in [0.25, 0.3) is 0 Å². The molecule has 106 valence electrons. The van der Waals surface area contributed by atoms with Gasteiger partial charge < -0.3 is 15.0 Å². The minimum atomic E-state index is 0.360. The molecule has 2 atom stereocenters. The molecule has 0 aromatic heterocycles. The number of hydrogen-bond acceptors (Lipinski definition) is 3. The number of likely N-dealkylation sites (N-methyl/N-ethyl adjacent to an activating group) is 1. The Hall–Kier alpha value is -0.580. The van der Waals surface area contributed by atoms with E-state index in [0.717, 1.165) is 16.8 Å². The van der Waals surface area contributed by atoms with Crippen molar-refractivity contribution in [3.05, 3.63) is 28.2 Å². The molecule has 2 rings (SSSR count). The van der Waals surface area contributed by atoms with E-state index in [9.17, 15) is 0 Å². The molecule has 1 N–H and O–H groups in total. The van der Waals surface area contributed by atoms with E-state index >= 15 is 0 Å². The molecule has 1 heterocycles. The standard InChI is InChI=1S/C15H23BrN2O/c1-11(17-13-5-4-8-18(2)10-13)12-6-7-15(19-3)14(16)9-12/h6-7,9,11,13,17H,4-5,8,10H2,1-3H3. The van der Waals surface area contributed by atoms with Gasteiger partial charge in [0.25, 0.3) is 0 Å². The maximum Gasteiger partial charge on any atom is 0.133 e. The number of benzene rings is 1. The van der Waals surface area contributed by atoms with Gasteiger partial charge in [0, 0.05) is 18.6 Å². The van der Waals surface area contributed by atoms with Crippen LogP contribution in [0.1, 0.15) is 31.4 Å². The van der Waals surface area contributed by atoms with Crippen molar-refractivity contribution in [2.75, 3.05) is 27.2 Å². The van der Waals surface area contributed by atoms with E-state index in [4.69, 9.17) is 4.74 Å². The summed E-state index contributed by atoms with van der Waals surface area (Å²) in [5, 5.41) is 3.73. The molecule has 0 spiro atoms. The molecule has 0 saturated carbocycles.